The predicted molar refractivity (Wildman–Crippen MR) is 160 cm³/mol. The molecule has 3 aliphatic rings. The molecule has 2 saturated carbocycles. The van der Waals surface area contributed by atoms with Gasteiger partial charge in [-0.05, 0) is 133 Å². The molecule has 0 aliphatic heterocycles. The Labute approximate surface area is 247 Å². The number of halogens is 3. The number of aromatic hydroxyl groups is 1. The summed E-state index contributed by atoms with van der Waals surface area (Å²) >= 11 is 1.62. The molecule has 2 fully saturated rings. The molecular weight excluding hydrogens is 545 g/mol. The number of ether oxygens (including phenoxy) is 1. The fourth-order valence-electron chi connectivity index (χ4n) is 8.13. The first-order chi connectivity index (χ1) is 19.7. The van der Waals surface area contributed by atoms with Crippen molar-refractivity contribution in [3.63, 3.8) is 0 Å². The van der Waals surface area contributed by atoms with Gasteiger partial charge in [0, 0.05) is 6.42 Å². The first-order valence-electron chi connectivity index (χ1n) is 15.5. The van der Waals surface area contributed by atoms with Crippen LogP contribution in [-0.4, -0.2) is 40.6 Å². The molecule has 0 saturated heterocycles. The van der Waals surface area contributed by atoms with Crippen LogP contribution in [0.5, 0.6) is 11.5 Å². The zero-order valence-corrected chi connectivity index (χ0v) is 25.0. The van der Waals surface area contributed by atoms with E-state index in [9.17, 15) is 23.4 Å². The number of hydrogen-bond acceptors (Lipinski definition) is 4. The highest BCUT2D eigenvalue weighted by molar-refractivity contribution is 7.99. The van der Waals surface area contributed by atoms with E-state index in [1.54, 1.807) is 11.8 Å². The van der Waals surface area contributed by atoms with E-state index in [4.69, 9.17) is 4.74 Å². The van der Waals surface area contributed by atoms with Crippen LogP contribution >= 0.6 is 11.8 Å². The summed E-state index contributed by atoms with van der Waals surface area (Å²) < 4.78 is 42.6. The summed E-state index contributed by atoms with van der Waals surface area (Å²) in [5, 5.41) is 21.2. The van der Waals surface area contributed by atoms with Gasteiger partial charge in [0.15, 0.2) is 0 Å². The monoisotopic (exact) mass is 590 g/mol. The van der Waals surface area contributed by atoms with Crippen molar-refractivity contribution in [3.05, 3.63) is 59.2 Å². The van der Waals surface area contributed by atoms with E-state index in [0.717, 1.165) is 69.3 Å². The highest BCUT2D eigenvalue weighted by atomic mass is 32.2. The number of aryl methyl sites for hydroxylation is 1. The molecule has 3 nitrogen and oxygen atoms in total. The highest BCUT2D eigenvalue weighted by Crippen LogP contribution is 2.65. The minimum absolute atomic E-state index is 0.0585. The van der Waals surface area contributed by atoms with Gasteiger partial charge in [0.05, 0.1) is 12.7 Å². The van der Waals surface area contributed by atoms with Crippen LogP contribution in [0.3, 0.4) is 0 Å². The summed E-state index contributed by atoms with van der Waals surface area (Å²) in [5.74, 6) is 4.52. The summed E-state index contributed by atoms with van der Waals surface area (Å²) in [6.07, 6.45) is 4.47. The zero-order valence-electron chi connectivity index (χ0n) is 24.2. The molecule has 0 bridgehead atoms. The van der Waals surface area contributed by atoms with E-state index >= 15 is 0 Å². The van der Waals surface area contributed by atoms with E-state index < -0.39 is 12.6 Å². The van der Waals surface area contributed by atoms with Gasteiger partial charge in [-0.25, -0.2) is 0 Å². The van der Waals surface area contributed by atoms with E-state index in [0.29, 0.717) is 41.8 Å². The number of phenols is 1. The molecule has 7 heteroatoms. The molecule has 41 heavy (non-hydrogen) atoms. The quantitative estimate of drug-likeness (QED) is 0.242. The molecule has 6 atom stereocenters. The number of fused-ring (bicyclic) bond motifs is 5. The lowest BCUT2D eigenvalue weighted by atomic mass is 9.51. The number of thioether (sulfide) groups is 1. The van der Waals surface area contributed by atoms with Gasteiger partial charge >= 0.3 is 6.18 Å². The average Bonchev–Trinajstić information content (AvgIpc) is 3.24. The van der Waals surface area contributed by atoms with E-state index in [2.05, 4.69) is 37.3 Å². The number of unbranched alkanes of at least 4 members (excludes halogenated alkanes) is 3. The average molecular weight is 591 g/mol. The SMILES string of the molecule is C[C@]12C[C@H](c3ccc(OCCCCCCSCCCC(F)(F)F)cc3)[C@@H]3c4ccc(O)cc4CC[C@H]3[C@@H]1CC[C@@H]2O. The number of aliphatic hydroxyl groups is 1. The van der Waals surface area contributed by atoms with Gasteiger partial charge in [-0.15, -0.1) is 0 Å². The number of alkyl halides is 3. The van der Waals surface area contributed by atoms with Crippen molar-refractivity contribution >= 4 is 11.8 Å². The van der Waals surface area contributed by atoms with Crippen LogP contribution in [-0.2, 0) is 6.42 Å². The number of rotatable bonds is 12. The third kappa shape index (κ3) is 7.21. The van der Waals surface area contributed by atoms with Gasteiger partial charge in [-0.3, -0.25) is 0 Å². The second-order valence-corrected chi connectivity index (χ2v) is 14.0. The highest BCUT2D eigenvalue weighted by Gasteiger charge is 2.57. The zero-order chi connectivity index (χ0) is 29.0. The molecule has 226 valence electrons. The van der Waals surface area contributed by atoms with Crippen molar-refractivity contribution in [2.75, 3.05) is 18.1 Å². The first-order valence-corrected chi connectivity index (χ1v) is 16.7. The molecule has 0 amide bonds. The molecule has 2 N–H and O–H groups in total. The maximum atomic E-state index is 12.2. The van der Waals surface area contributed by atoms with Crippen molar-refractivity contribution in [1.82, 2.24) is 0 Å². The Balaban J connectivity index is 1.13. The van der Waals surface area contributed by atoms with Gasteiger partial charge in [0.2, 0.25) is 0 Å². The van der Waals surface area contributed by atoms with E-state index in [-0.39, 0.29) is 17.9 Å². The van der Waals surface area contributed by atoms with Crippen LogP contribution in [0.2, 0.25) is 0 Å². The smallest absolute Gasteiger partial charge is 0.389 e. The van der Waals surface area contributed by atoms with Crippen LogP contribution in [0.15, 0.2) is 42.5 Å². The Kier molecular flexibility index (Phi) is 9.85. The van der Waals surface area contributed by atoms with Gasteiger partial charge < -0.3 is 14.9 Å². The summed E-state index contributed by atoms with van der Waals surface area (Å²) in [7, 11) is 0. The van der Waals surface area contributed by atoms with Crippen molar-refractivity contribution in [1.29, 1.82) is 0 Å². The molecule has 0 radical (unpaired) electrons. The third-order valence-electron chi connectivity index (χ3n) is 10.2. The first kappa shape index (κ1) is 30.6. The Hall–Kier alpha value is -1.86. The summed E-state index contributed by atoms with van der Waals surface area (Å²) in [6.45, 7) is 2.98. The van der Waals surface area contributed by atoms with Gasteiger partial charge in [-0.1, -0.05) is 38.0 Å². The molecule has 0 heterocycles. The normalized spacial score (nSPS) is 29.0. The van der Waals surface area contributed by atoms with Crippen molar-refractivity contribution in [2.24, 2.45) is 17.3 Å². The Morgan fingerprint density at radius 1 is 0.951 bits per heavy atom. The molecule has 0 unspecified atom stereocenters. The van der Waals surface area contributed by atoms with Crippen molar-refractivity contribution < 1.29 is 28.1 Å². The van der Waals surface area contributed by atoms with Crippen LogP contribution < -0.4 is 4.74 Å². The minimum Gasteiger partial charge on any atom is -0.508 e. The molecule has 3 aliphatic carbocycles. The standard InChI is InChI=1S/C34H45F3O3S/c1-33-22-29(32-27-14-10-25(38)21-24(27)9-13-28(32)30(33)15-16-31(33)39)23-7-11-26(12-8-23)40-18-4-2-3-5-19-41-20-6-17-34(35,36)37/h7-8,10-12,14,21,28-32,38-39H,2-6,9,13,15-20,22H2,1H3/t28-,29+,30-,31-,32+,33-/m0/s1. The summed E-state index contributed by atoms with van der Waals surface area (Å²) in [5.41, 5.74) is 3.91. The molecule has 0 aromatic heterocycles. The maximum absolute atomic E-state index is 12.2. The van der Waals surface area contributed by atoms with Gasteiger partial charge in [0.25, 0.3) is 0 Å². The van der Waals surface area contributed by atoms with Crippen molar-refractivity contribution in [2.45, 2.75) is 102 Å². The van der Waals surface area contributed by atoms with Crippen LogP contribution in [0.4, 0.5) is 13.2 Å². The van der Waals surface area contributed by atoms with Crippen LogP contribution in [0.1, 0.15) is 99.7 Å². The van der Waals surface area contributed by atoms with Crippen LogP contribution in [0.25, 0.3) is 0 Å². The topological polar surface area (TPSA) is 49.7 Å². The molecule has 2 aromatic rings. The fraction of sp³-hybridized carbons (Fsp3) is 0.647. The molecule has 5 rings (SSSR count). The third-order valence-corrected chi connectivity index (χ3v) is 11.3. The molecule has 0 spiro atoms. The Morgan fingerprint density at radius 3 is 2.49 bits per heavy atom. The molecule has 2 aromatic carbocycles. The van der Waals surface area contributed by atoms with Gasteiger partial charge in [0.1, 0.15) is 11.5 Å². The summed E-state index contributed by atoms with van der Waals surface area (Å²) in [4.78, 5) is 0. The Morgan fingerprint density at radius 2 is 1.71 bits per heavy atom. The molecular formula is C34H45F3O3S. The van der Waals surface area contributed by atoms with E-state index in [1.807, 2.05) is 12.1 Å². The van der Waals surface area contributed by atoms with Gasteiger partial charge in [-0.2, -0.15) is 24.9 Å². The second kappa shape index (κ2) is 13.2. The lowest BCUT2D eigenvalue weighted by molar-refractivity contribution is -0.134. The lowest BCUT2D eigenvalue weighted by Gasteiger charge is -2.54. The largest absolute Gasteiger partial charge is 0.508 e. The maximum Gasteiger partial charge on any atom is 0.389 e. The number of benzene rings is 2. The fourth-order valence-corrected chi connectivity index (χ4v) is 9.09. The van der Waals surface area contributed by atoms with E-state index in [1.165, 1.54) is 16.7 Å². The number of phenolic OH excluding ortho intramolecular Hbond substituents is 1. The van der Waals surface area contributed by atoms with Crippen LogP contribution in [0, 0.1) is 17.3 Å². The second-order valence-electron chi connectivity index (χ2n) is 12.8. The number of hydrogen-bond donors (Lipinski definition) is 2. The minimum atomic E-state index is -4.03. The Bertz CT molecular complexity index is 1140. The predicted octanol–water partition coefficient (Wildman–Crippen LogP) is 9.02. The summed E-state index contributed by atoms with van der Waals surface area (Å²) in [6, 6.07) is 14.5. The number of aliphatic hydroxyl groups excluding tert-OH is 1. The van der Waals surface area contributed by atoms with Crippen molar-refractivity contribution in [3.8, 4) is 11.5 Å². The lowest BCUT2D eigenvalue weighted by Crippen LogP contribution is -2.47.